The molecule has 3 rings (SSSR count). The van der Waals surface area contributed by atoms with Gasteiger partial charge < -0.3 is 9.80 Å². The van der Waals surface area contributed by atoms with E-state index in [0.717, 1.165) is 12.0 Å². The normalized spacial score (nSPS) is 24.6. The van der Waals surface area contributed by atoms with Crippen LogP contribution < -0.4 is 0 Å². The minimum Gasteiger partial charge on any atom is -0.335 e. The molecule has 2 fully saturated rings. The molecule has 0 bridgehead atoms. The lowest BCUT2D eigenvalue weighted by atomic mass is 10.0. The quantitative estimate of drug-likeness (QED) is 0.796. The van der Waals surface area contributed by atoms with Crippen LogP contribution in [0.2, 0.25) is 0 Å². The predicted molar refractivity (Wildman–Crippen MR) is 99.6 cm³/mol. The number of aryl methyl sites for hydroxylation is 1. The van der Waals surface area contributed by atoms with Crippen LogP contribution in [0.25, 0.3) is 0 Å². The maximum absolute atomic E-state index is 13.0. The third kappa shape index (κ3) is 3.49. The summed E-state index contributed by atoms with van der Waals surface area (Å²) in [5.41, 5.74) is 1.71. The molecule has 142 valence electrons. The van der Waals surface area contributed by atoms with E-state index in [1.165, 1.54) is 0 Å². The number of carbonyl (C=O) groups is 2. The van der Waals surface area contributed by atoms with E-state index in [4.69, 9.17) is 0 Å². The Balaban J connectivity index is 1.87. The van der Waals surface area contributed by atoms with Crippen molar-refractivity contribution < 1.29 is 18.0 Å². The first-order chi connectivity index (χ1) is 12.2. The summed E-state index contributed by atoms with van der Waals surface area (Å²) in [6, 6.07) is 6.54. The van der Waals surface area contributed by atoms with E-state index >= 15 is 0 Å². The van der Waals surface area contributed by atoms with Gasteiger partial charge in [0.25, 0.3) is 5.91 Å². The Labute approximate surface area is 155 Å². The topological polar surface area (TPSA) is 74.8 Å². The first kappa shape index (κ1) is 18.9. The molecule has 6 nitrogen and oxygen atoms in total. The number of hydrogen-bond acceptors (Lipinski definition) is 4. The first-order valence-electron chi connectivity index (χ1n) is 9.14. The summed E-state index contributed by atoms with van der Waals surface area (Å²) in [5, 5.41) is 0. The standard InChI is InChI=1S/C19H26N2O4S/c1-4-14-5-7-15(8-6-14)19(23)21-10-9-20(18(22)13(2)3)16-11-26(24,25)12-17(16)21/h5-8,13,16-17H,4,9-12H2,1-3H3/t16-,17+/m1/s1. The highest BCUT2D eigenvalue weighted by atomic mass is 32.2. The molecule has 2 heterocycles. The molecule has 7 heteroatoms. The molecule has 0 aliphatic carbocycles. The molecule has 2 amide bonds. The molecule has 1 aromatic rings. The zero-order chi connectivity index (χ0) is 19.1. The largest absolute Gasteiger partial charge is 0.335 e. The fraction of sp³-hybridized carbons (Fsp3) is 0.579. The van der Waals surface area contributed by atoms with Crippen molar-refractivity contribution in [2.75, 3.05) is 24.6 Å². The van der Waals surface area contributed by atoms with Gasteiger partial charge in [0.15, 0.2) is 9.84 Å². The Morgan fingerprint density at radius 2 is 1.58 bits per heavy atom. The van der Waals surface area contributed by atoms with Gasteiger partial charge in [0.1, 0.15) is 0 Å². The van der Waals surface area contributed by atoms with E-state index in [9.17, 15) is 18.0 Å². The molecule has 2 aliphatic heterocycles. The second-order valence-electron chi connectivity index (χ2n) is 7.45. The van der Waals surface area contributed by atoms with Crippen LogP contribution in [0.4, 0.5) is 0 Å². The van der Waals surface area contributed by atoms with Crippen LogP contribution in [-0.4, -0.2) is 66.7 Å². The molecule has 0 N–H and O–H groups in total. The number of amides is 2. The molecule has 0 saturated carbocycles. The van der Waals surface area contributed by atoms with Crippen LogP contribution in [0.1, 0.15) is 36.7 Å². The van der Waals surface area contributed by atoms with Crippen molar-refractivity contribution in [2.24, 2.45) is 5.92 Å². The minimum absolute atomic E-state index is 0.0449. The Hall–Kier alpha value is -1.89. The van der Waals surface area contributed by atoms with Gasteiger partial charge in [-0.25, -0.2) is 8.42 Å². The van der Waals surface area contributed by atoms with Crippen molar-refractivity contribution >= 4 is 21.7 Å². The zero-order valence-electron chi connectivity index (χ0n) is 15.5. The number of fused-ring (bicyclic) bond motifs is 1. The van der Waals surface area contributed by atoms with Crippen LogP contribution in [0, 0.1) is 5.92 Å². The summed E-state index contributed by atoms with van der Waals surface area (Å²) < 4.78 is 24.5. The molecule has 0 aromatic heterocycles. The minimum atomic E-state index is -3.27. The Morgan fingerprint density at radius 3 is 2.12 bits per heavy atom. The van der Waals surface area contributed by atoms with Crippen LogP contribution in [0.15, 0.2) is 24.3 Å². The predicted octanol–water partition coefficient (Wildman–Crippen LogP) is 1.36. The van der Waals surface area contributed by atoms with Crippen LogP contribution in [0.5, 0.6) is 0 Å². The Bertz CT molecular complexity index is 801. The van der Waals surface area contributed by atoms with E-state index in [-0.39, 0.29) is 29.2 Å². The lowest BCUT2D eigenvalue weighted by Gasteiger charge is -2.44. The van der Waals surface area contributed by atoms with E-state index in [0.29, 0.717) is 18.7 Å². The maximum atomic E-state index is 13.0. The zero-order valence-corrected chi connectivity index (χ0v) is 16.3. The average Bonchev–Trinajstić information content (AvgIpc) is 2.94. The van der Waals surface area contributed by atoms with E-state index < -0.39 is 21.9 Å². The number of piperazine rings is 1. The summed E-state index contributed by atoms with van der Waals surface area (Å²) in [4.78, 5) is 28.8. The van der Waals surface area contributed by atoms with E-state index in [1.807, 2.05) is 26.0 Å². The third-order valence-corrected chi connectivity index (χ3v) is 7.02. The second-order valence-corrected chi connectivity index (χ2v) is 9.60. The highest BCUT2D eigenvalue weighted by molar-refractivity contribution is 7.91. The van der Waals surface area contributed by atoms with Crippen LogP contribution in [0.3, 0.4) is 0 Å². The smallest absolute Gasteiger partial charge is 0.254 e. The van der Waals surface area contributed by atoms with Gasteiger partial charge >= 0.3 is 0 Å². The van der Waals surface area contributed by atoms with Crippen molar-refractivity contribution in [1.29, 1.82) is 0 Å². The number of sulfone groups is 1. The Morgan fingerprint density at radius 1 is 1.04 bits per heavy atom. The molecule has 26 heavy (non-hydrogen) atoms. The number of benzene rings is 1. The third-order valence-electron chi connectivity index (χ3n) is 5.32. The average molecular weight is 378 g/mol. The summed E-state index contributed by atoms with van der Waals surface area (Å²) in [6.07, 6.45) is 0.896. The molecule has 0 spiro atoms. The first-order valence-corrected chi connectivity index (χ1v) is 11.0. The van der Waals surface area contributed by atoms with Gasteiger partial charge in [-0.05, 0) is 24.1 Å². The van der Waals surface area contributed by atoms with Gasteiger partial charge in [0.2, 0.25) is 5.91 Å². The highest BCUT2D eigenvalue weighted by Crippen LogP contribution is 2.29. The summed E-state index contributed by atoms with van der Waals surface area (Å²) >= 11 is 0. The second kappa shape index (κ2) is 7.02. The highest BCUT2D eigenvalue weighted by Gasteiger charge is 2.49. The lowest BCUT2D eigenvalue weighted by Crippen LogP contribution is -2.62. The molecule has 1 aromatic carbocycles. The SMILES string of the molecule is CCc1ccc(C(=O)N2CCN(C(=O)C(C)C)[C@@H]3CS(=O)(=O)C[C@@H]32)cc1. The van der Waals surface area contributed by atoms with Crippen molar-refractivity contribution in [2.45, 2.75) is 39.3 Å². The maximum Gasteiger partial charge on any atom is 0.254 e. The van der Waals surface area contributed by atoms with Crippen molar-refractivity contribution in [1.82, 2.24) is 9.80 Å². The van der Waals surface area contributed by atoms with Gasteiger partial charge in [-0.15, -0.1) is 0 Å². The van der Waals surface area contributed by atoms with Crippen molar-refractivity contribution in [3.05, 3.63) is 35.4 Å². The number of carbonyl (C=O) groups excluding carboxylic acids is 2. The van der Waals surface area contributed by atoms with Crippen molar-refractivity contribution in [3.63, 3.8) is 0 Å². The monoisotopic (exact) mass is 378 g/mol. The molecule has 0 unspecified atom stereocenters. The molecular formula is C19H26N2O4S. The summed E-state index contributed by atoms with van der Waals surface area (Å²) in [6.45, 7) is 6.42. The number of rotatable bonds is 3. The van der Waals surface area contributed by atoms with E-state index in [1.54, 1.807) is 21.9 Å². The molecule has 0 radical (unpaired) electrons. The van der Waals surface area contributed by atoms with Crippen molar-refractivity contribution in [3.8, 4) is 0 Å². The van der Waals surface area contributed by atoms with Crippen LogP contribution >= 0.6 is 0 Å². The van der Waals surface area contributed by atoms with E-state index in [2.05, 4.69) is 6.92 Å². The van der Waals surface area contributed by atoms with Gasteiger partial charge in [-0.1, -0.05) is 32.9 Å². The molecule has 2 saturated heterocycles. The fourth-order valence-corrected chi connectivity index (χ4v) is 5.84. The van der Waals surface area contributed by atoms with Gasteiger partial charge in [0, 0.05) is 24.6 Å². The van der Waals surface area contributed by atoms with Gasteiger partial charge in [0.05, 0.1) is 23.6 Å². The number of hydrogen-bond donors (Lipinski definition) is 0. The lowest BCUT2D eigenvalue weighted by molar-refractivity contribution is -0.139. The van der Waals surface area contributed by atoms with Crippen LogP contribution in [-0.2, 0) is 21.1 Å². The van der Waals surface area contributed by atoms with Gasteiger partial charge in [-0.3, -0.25) is 9.59 Å². The summed E-state index contributed by atoms with van der Waals surface area (Å²) in [5.74, 6) is -0.525. The van der Waals surface area contributed by atoms with Gasteiger partial charge in [-0.2, -0.15) is 0 Å². The summed E-state index contributed by atoms with van der Waals surface area (Å²) in [7, 11) is -3.27. The Kier molecular flexibility index (Phi) is 5.10. The number of nitrogens with zero attached hydrogens (tertiary/aromatic N) is 2. The molecular weight excluding hydrogens is 352 g/mol. The fourth-order valence-electron chi connectivity index (χ4n) is 3.86. The molecule has 2 atom stereocenters. The molecule has 2 aliphatic rings.